The van der Waals surface area contributed by atoms with Crippen LogP contribution in [-0.2, 0) is 11.2 Å². The number of carbonyl (C=O) groups excluding carboxylic acids is 2. The van der Waals surface area contributed by atoms with E-state index in [1.807, 2.05) is 18.4 Å². The smallest absolute Gasteiger partial charge is 0.231 e. The third kappa shape index (κ3) is 3.04. The molecule has 22 heavy (non-hydrogen) atoms. The first-order chi connectivity index (χ1) is 10.6. The fourth-order valence-electron chi connectivity index (χ4n) is 2.19. The van der Waals surface area contributed by atoms with Crippen LogP contribution >= 0.6 is 34.9 Å². The van der Waals surface area contributed by atoms with Crippen LogP contribution in [0.5, 0.6) is 0 Å². The molecule has 8 heteroatoms. The minimum Gasteiger partial charge on any atom is -0.315 e. The fraction of sp³-hybridized carbons (Fsp3) is 0.286. The van der Waals surface area contributed by atoms with Gasteiger partial charge < -0.3 is 4.90 Å². The second kappa shape index (κ2) is 6.39. The van der Waals surface area contributed by atoms with Gasteiger partial charge in [-0.25, -0.2) is 0 Å². The minimum absolute atomic E-state index is 0.0377. The lowest BCUT2D eigenvalue weighted by atomic mass is 10.1. The van der Waals surface area contributed by atoms with Crippen LogP contribution in [0.15, 0.2) is 26.9 Å². The molecule has 0 fully saturated rings. The summed E-state index contributed by atoms with van der Waals surface area (Å²) in [5.41, 5.74) is 2.45. The van der Waals surface area contributed by atoms with Gasteiger partial charge in [-0.05, 0) is 30.0 Å². The van der Waals surface area contributed by atoms with Gasteiger partial charge in [0.1, 0.15) is 0 Å². The van der Waals surface area contributed by atoms with Crippen molar-refractivity contribution in [3.8, 4) is 0 Å². The molecule has 1 aliphatic heterocycles. The summed E-state index contributed by atoms with van der Waals surface area (Å²) in [4.78, 5) is 25.6. The highest BCUT2D eigenvalue weighted by atomic mass is 32.2. The van der Waals surface area contributed by atoms with Gasteiger partial charge in [0, 0.05) is 18.3 Å². The van der Waals surface area contributed by atoms with Crippen LogP contribution in [0.4, 0.5) is 5.69 Å². The number of likely N-dealkylation sites (N-methyl/N-ethyl adjacent to an activating group) is 1. The van der Waals surface area contributed by atoms with E-state index in [9.17, 15) is 9.59 Å². The molecule has 0 aliphatic carbocycles. The van der Waals surface area contributed by atoms with Crippen molar-refractivity contribution in [1.29, 1.82) is 0 Å². The van der Waals surface area contributed by atoms with E-state index in [-0.39, 0.29) is 11.7 Å². The number of hydrogen-bond acceptors (Lipinski definition) is 7. The predicted octanol–water partition coefficient (Wildman–Crippen LogP) is 2.75. The van der Waals surface area contributed by atoms with Gasteiger partial charge >= 0.3 is 0 Å². The largest absolute Gasteiger partial charge is 0.315 e. The number of ketones is 1. The molecule has 0 atom stereocenters. The summed E-state index contributed by atoms with van der Waals surface area (Å²) in [6.45, 7) is 0. The molecule has 0 saturated carbocycles. The Morgan fingerprint density at radius 1 is 1.36 bits per heavy atom. The zero-order valence-electron chi connectivity index (χ0n) is 12.0. The Morgan fingerprint density at radius 3 is 2.86 bits per heavy atom. The first-order valence-electron chi connectivity index (χ1n) is 6.51. The van der Waals surface area contributed by atoms with Gasteiger partial charge in [0.2, 0.25) is 5.91 Å². The van der Waals surface area contributed by atoms with Gasteiger partial charge in [-0.15, -0.1) is 10.2 Å². The van der Waals surface area contributed by atoms with Gasteiger partial charge in [-0.3, -0.25) is 9.59 Å². The Balaban J connectivity index is 1.68. The lowest BCUT2D eigenvalue weighted by Crippen LogP contribution is -2.20. The van der Waals surface area contributed by atoms with E-state index in [4.69, 9.17) is 0 Å². The van der Waals surface area contributed by atoms with Crippen molar-refractivity contribution in [1.82, 2.24) is 10.2 Å². The molecular weight excluding hydrogens is 338 g/mol. The number of Topliss-reactive ketones (excluding diaryl/α,β-unsaturated/α-hetero) is 1. The fourth-order valence-corrected chi connectivity index (χ4v) is 4.52. The zero-order valence-corrected chi connectivity index (χ0v) is 14.5. The van der Waals surface area contributed by atoms with E-state index >= 15 is 0 Å². The lowest BCUT2D eigenvalue weighted by Gasteiger charge is -2.10. The van der Waals surface area contributed by atoms with Crippen molar-refractivity contribution in [2.45, 2.75) is 15.1 Å². The molecule has 2 heterocycles. The Bertz CT molecular complexity index is 745. The Labute approximate surface area is 140 Å². The molecule has 2 aromatic rings. The molecular formula is C14H13N3O2S3. The first kappa shape index (κ1) is 15.5. The van der Waals surface area contributed by atoms with Crippen molar-refractivity contribution in [3.63, 3.8) is 0 Å². The Hall–Kier alpha value is -1.38. The molecule has 1 aromatic heterocycles. The van der Waals surface area contributed by atoms with E-state index in [1.165, 1.54) is 23.1 Å². The number of aromatic nitrogens is 2. The molecule has 1 aromatic carbocycles. The predicted molar refractivity (Wildman–Crippen MR) is 90.3 cm³/mol. The van der Waals surface area contributed by atoms with Gasteiger partial charge in [-0.1, -0.05) is 34.9 Å². The Kier molecular flexibility index (Phi) is 4.51. The third-order valence-electron chi connectivity index (χ3n) is 3.37. The molecule has 0 spiro atoms. The van der Waals surface area contributed by atoms with Crippen LogP contribution in [0, 0.1) is 0 Å². The molecule has 1 amide bonds. The second-order valence-electron chi connectivity index (χ2n) is 4.72. The standard InChI is InChI=1S/C14H13N3O2S3/c1-17-10-4-3-8(5-9(10)6-12(17)19)11(18)7-21-14-16-15-13(20-2)22-14/h3-5H,6-7H2,1-2H3. The van der Waals surface area contributed by atoms with Crippen molar-refractivity contribution in [3.05, 3.63) is 29.3 Å². The van der Waals surface area contributed by atoms with Gasteiger partial charge in [0.15, 0.2) is 14.5 Å². The number of hydrogen-bond donors (Lipinski definition) is 0. The SMILES string of the molecule is CSc1nnc(SCC(=O)c2ccc3c(c2)CC(=O)N3C)s1. The van der Waals surface area contributed by atoms with E-state index in [2.05, 4.69) is 10.2 Å². The number of benzene rings is 1. The molecule has 114 valence electrons. The van der Waals surface area contributed by atoms with Gasteiger partial charge in [0.25, 0.3) is 0 Å². The van der Waals surface area contributed by atoms with Gasteiger partial charge in [-0.2, -0.15) is 0 Å². The van der Waals surface area contributed by atoms with E-state index in [1.54, 1.807) is 29.8 Å². The quantitative estimate of drug-likeness (QED) is 0.610. The molecule has 0 saturated heterocycles. The van der Waals surface area contributed by atoms with E-state index in [0.29, 0.717) is 17.7 Å². The normalized spacial score (nSPS) is 13.5. The number of nitrogens with zero attached hydrogens (tertiary/aromatic N) is 3. The topological polar surface area (TPSA) is 63.2 Å². The van der Waals surface area contributed by atoms with Crippen LogP contribution in [0.3, 0.4) is 0 Å². The van der Waals surface area contributed by atoms with Crippen LogP contribution in [0.2, 0.25) is 0 Å². The average Bonchev–Trinajstić information content (AvgIpc) is 3.10. The molecule has 3 rings (SSSR count). The number of carbonyl (C=O) groups is 2. The summed E-state index contributed by atoms with van der Waals surface area (Å²) in [5, 5.41) is 8.04. The summed E-state index contributed by atoms with van der Waals surface area (Å²) >= 11 is 4.43. The van der Waals surface area contributed by atoms with Crippen molar-refractivity contribution < 1.29 is 9.59 Å². The summed E-state index contributed by atoms with van der Waals surface area (Å²) < 4.78 is 1.70. The monoisotopic (exact) mass is 351 g/mol. The molecule has 1 aliphatic rings. The number of thioether (sulfide) groups is 2. The maximum absolute atomic E-state index is 12.3. The highest BCUT2D eigenvalue weighted by molar-refractivity contribution is 8.03. The number of fused-ring (bicyclic) bond motifs is 1. The van der Waals surface area contributed by atoms with Crippen LogP contribution < -0.4 is 4.90 Å². The zero-order chi connectivity index (χ0) is 15.7. The first-order valence-corrected chi connectivity index (χ1v) is 9.54. The summed E-state index contributed by atoms with van der Waals surface area (Å²) in [5.74, 6) is 0.425. The summed E-state index contributed by atoms with van der Waals surface area (Å²) in [6.07, 6.45) is 2.32. The van der Waals surface area contributed by atoms with Crippen LogP contribution in [0.1, 0.15) is 15.9 Å². The van der Waals surface area contributed by atoms with Crippen molar-refractivity contribution in [2.24, 2.45) is 0 Å². The van der Waals surface area contributed by atoms with Gasteiger partial charge in [0.05, 0.1) is 12.2 Å². The highest BCUT2D eigenvalue weighted by Gasteiger charge is 2.24. The van der Waals surface area contributed by atoms with Crippen molar-refractivity contribution >= 4 is 52.2 Å². The van der Waals surface area contributed by atoms with E-state index < -0.39 is 0 Å². The molecule has 0 unspecified atom stereocenters. The summed E-state index contributed by atoms with van der Waals surface area (Å²) in [7, 11) is 1.75. The average molecular weight is 351 g/mol. The third-order valence-corrected chi connectivity index (χ3v) is 6.40. The second-order valence-corrected chi connectivity index (χ2v) is 7.98. The van der Waals surface area contributed by atoms with Crippen molar-refractivity contribution in [2.75, 3.05) is 24.0 Å². The van der Waals surface area contributed by atoms with Crippen LogP contribution in [-0.4, -0.2) is 40.9 Å². The maximum atomic E-state index is 12.3. The number of amides is 1. The molecule has 0 N–H and O–H groups in total. The Morgan fingerprint density at radius 2 is 2.14 bits per heavy atom. The molecule has 0 bridgehead atoms. The molecule has 0 radical (unpaired) electrons. The maximum Gasteiger partial charge on any atom is 0.231 e. The van der Waals surface area contributed by atoms with E-state index in [0.717, 1.165) is 19.9 Å². The number of rotatable bonds is 5. The highest BCUT2D eigenvalue weighted by Crippen LogP contribution is 2.30. The molecule has 5 nitrogen and oxygen atoms in total. The summed E-state index contributed by atoms with van der Waals surface area (Å²) in [6, 6.07) is 5.45. The van der Waals surface area contributed by atoms with Crippen LogP contribution in [0.25, 0.3) is 0 Å². The minimum atomic E-state index is 0.0377. The number of anilines is 1. The lowest BCUT2D eigenvalue weighted by molar-refractivity contribution is -0.117.